The SMILES string of the molecule is COc1ccc(NC(=O)CSCC(=O)Nc2ccc3c(c2)Cc2ccccc2-3)cc1. The molecular weight excluding hydrogens is 396 g/mol. The van der Waals surface area contributed by atoms with E-state index in [-0.39, 0.29) is 23.3 Å². The van der Waals surface area contributed by atoms with E-state index in [9.17, 15) is 9.59 Å². The minimum absolute atomic E-state index is 0.118. The van der Waals surface area contributed by atoms with E-state index >= 15 is 0 Å². The van der Waals surface area contributed by atoms with Crippen molar-refractivity contribution >= 4 is 35.0 Å². The summed E-state index contributed by atoms with van der Waals surface area (Å²) in [5.74, 6) is 0.891. The number of rotatable bonds is 7. The molecule has 0 unspecified atom stereocenters. The highest BCUT2D eigenvalue weighted by Gasteiger charge is 2.18. The van der Waals surface area contributed by atoms with Crippen LogP contribution in [-0.4, -0.2) is 30.4 Å². The summed E-state index contributed by atoms with van der Waals surface area (Å²) in [5, 5.41) is 5.74. The van der Waals surface area contributed by atoms with Gasteiger partial charge in [-0.3, -0.25) is 9.59 Å². The summed E-state index contributed by atoms with van der Waals surface area (Å²) >= 11 is 1.28. The predicted molar refractivity (Wildman–Crippen MR) is 122 cm³/mol. The zero-order chi connectivity index (χ0) is 20.9. The van der Waals surface area contributed by atoms with Crippen LogP contribution in [0.25, 0.3) is 11.1 Å². The number of carbonyl (C=O) groups is 2. The lowest BCUT2D eigenvalue weighted by Crippen LogP contribution is -2.18. The Labute approximate surface area is 179 Å². The van der Waals surface area contributed by atoms with Crippen LogP contribution in [0.1, 0.15) is 11.1 Å². The van der Waals surface area contributed by atoms with Crippen LogP contribution in [0.3, 0.4) is 0 Å². The molecule has 6 heteroatoms. The van der Waals surface area contributed by atoms with E-state index in [1.54, 1.807) is 31.4 Å². The van der Waals surface area contributed by atoms with Gasteiger partial charge in [-0.1, -0.05) is 30.3 Å². The number of hydrogen-bond acceptors (Lipinski definition) is 4. The highest BCUT2D eigenvalue weighted by molar-refractivity contribution is 8.00. The Morgan fingerprint density at radius 1 is 0.833 bits per heavy atom. The number of anilines is 2. The maximum Gasteiger partial charge on any atom is 0.234 e. The second kappa shape index (κ2) is 9.05. The van der Waals surface area contributed by atoms with Crippen LogP contribution in [0.5, 0.6) is 5.75 Å². The van der Waals surface area contributed by atoms with Crippen LogP contribution in [0.4, 0.5) is 11.4 Å². The first-order valence-corrected chi connectivity index (χ1v) is 10.8. The van der Waals surface area contributed by atoms with Crippen molar-refractivity contribution in [2.45, 2.75) is 6.42 Å². The number of fused-ring (bicyclic) bond motifs is 3. The first-order valence-electron chi connectivity index (χ1n) is 9.65. The minimum atomic E-state index is -0.145. The molecule has 152 valence electrons. The van der Waals surface area contributed by atoms with Crippen molar-refractivity contribution in [3.05, 3.63) is 77.9 Å². The number of methoxy groups -OCH3 is 1. The number of thioether (sulfide) groups is 1. The zero-order valence-corrected chi connectivity index (χ0v) is 17.4. The van der Waals surface area contributed by atoms with Gasteiger partial charge in [0.1, 0.15) is 5.75 Å². The molecule has 1 aliphatic rings. The van der Waals surface area contributed by atoms with E-state index in [1.165, 1.54) is 34.0 Å². The average molecular weight is 419 g/mol. The Morgan fingerprint density at radius 3 is 2.20 bits per heavy atom. The van der Waals surface area contributed by atoms with Crippen LogP contribution in [-0.2, 0) is 16.0 Å². The summed E-state index contributed by atoms with van der Waals surface area (Å²) in [6.45, 7) is 0. The van der Waals surface area contributed by atoms with Crippen LogP contribution < -0.4 is 15.4 Å². The Morgan fingerprint density at radius 2 is 1.47 bits per heavy atom. The van der Waals surface area contributed by atoms with Crippen molar-refractivity contribution in [1.29, 1.82) is 0 Å². The maximum absolute atomic E-state index is 12.3. The molecule has 0 aromatic heterocycles. The number of ether oxygens (including phenoxy) is 1. The summed E-state index contributed by atoms with van der Waals surface area (Å²) in [4.78, 5) is 24.3. The highest BCUT2D eigenvalue weighted by atomic mass is 32.2. The van der Waals surface area contributed by atoms with Crippen molar-refractivity contribution < 1.29 is 14.3 Å². The van der Waals surface area contributed by atoms with Crippen LogP contribution in [0, 0.1) is 0 Å². The molecule has 1 aliphatic carbocycles. The Balaban J connectivity index is 1.24. The molecular formula is C24H22N2O3S. The summed E-state index contributed by atoms with van der Waals surface area (Å²) in [7, 11) is 1.59. The molecule has 5 nitrogen and oxygen atoms in total. The molecule has 0 spiro atoms. The standard InChI is InChI=1S/C24H22N2O3S/c1-29-20-9-6-18(7-10-20)25-23(27)14-30-15-24(28)26-19-8-11-22-17(13-19)12-16-4-2-3-5-21(16)22/h2-11,13H,12,14-15H2,1H3,(H,25,27)(H,26,28). The molecule has 0 fully saturated rings. The van der Waals surface area contributed by atoms with E-state index in [2.05, 4.69) is 34.9 Å². The minimum Gasteiger partial charge on any atom is -0.497 e. The fourth-order valence-corrected chi connectivity index (χ4v) is 4.14. The molecule has 3 aromatic carbocycles. The third-order valence-corrected chi connectivity index (χ3v) is 5.85. The maximum atomic E-state index is 12.3. The molecule has 0 aliphatic heterocycles. The predicted octanol–water partition coefficient (Wildman–Crippen LogP) is 4.58. The van der Waals surface area contributed by atoms with E-state index in [1.807, 2.05) is 18.2 Å². The van der Waals surface area contributed by atoms with E-state index in [0.29, 0.717) is 5.69 Å². The smallest absolute Gasteiger partial charge is 0.234 e. The van der Waals surface area contributed by atoms with Gasteiger partial charge >= 0.3 is 0 Å². The number of amides is 2. The van der Waals surface area contributed by atoms with Gasteiger partial charge < -0.3 is 15.4 Å². The van der Waals surface area contributed by atoms with Gasteiger partial charge in [0, 0.05) is 11.4 Å². The molecule has 0 atom stereocenters. The first-order chi connectivity index (χ1) is 14.6. The largest absolute Gasteiger partial charge is 0.497 e. The lowest BCUT2D eigenvalue weighted by Gasteiger charge is -2.08. The summed E-state index contributed by atoms with van der Waals surface area (Å²) in [5.41, 5.74) is 6.52. The zero-order valence-electron chi connectivity index (χ0n) is 16.6. The van der Waals surface area contributed by atoms with E-state index in [4.69, 9.17) is 4.74 Å². The molecule has 2 N–H and O–H groups in total. The number of carbonyl (C=O) groups excluding carboxylic acids is 2. The number of benzene rings is 3. The monoisotopic (exact) mass is 418 g/mol. The van der Waals surface area contributed by atoms with Crippen molar-refractivity contribution in [2.24, 2.45) is 0 Å². The lowest BCUT2D eigenvalue weighted by molar-refractivity contribution is -0.114. The Hall–Kier alpha value is -3.25. The number of hydrogen-bond donors (Lipinski definition) is 2. The van der Waals surface area contributed by atoms with Crippen LogP contribution >= 0.6 is 11.8 Å². The second-order valence-electron chi connectivity index (χ2n) is 7.02. The summed E-state index contributed by atoms with van der Waals surface area (Å²) in [6.07, 6.45) is 0.884. The van der Waals surface area contributed by atoms with Gasteiger partial charge in [0.25, 0.3) is 0 Å². The van der Waals surface area contributed by atoms with Crippen LogP contribution in [0.2, 0.25) is 0 Å². The molecule has 0 bridgehead atoms. The average Bonchev–Trinajstić information content (AvgIpc) is 3.12. The molecule has 0 radical (unpaired) electrons. The molecule has 0 heterocycles. The third kappa shape index (κ3) is 4.66. The third-order valence-electron chi connectivity index (χ3n) is 4.92. The molecule has 0 saturated carbocycles. The van der Waals surface area contributed by atoms with E-state index < -0.39 is 0 Å². The van der Waals surface area contributed by atoms with Gasteiger partial charge in [-0.25, -0.2) is 0 Å². The van der Waals surface area contributed by atoms with Gasteiger partial charge in [0.15, 0.2) is 0 Å². The quantitative estimate of drug-likeness (QED) is 0.461. The molecule has 4 rings (SSSR count). The summed E-state index contributed by atoms with van der Waals surface area (Å²) < 4.78 is 5.09. The van der Waals surface area contributed by atoms with Crippen molar-refractivity contribution in [2.75, 3.05) is 29.2 Å². The molecule has 0 saturated heterocycles. The fourth-order valence-electron chi connectivity index (χ4n) is 3.53. The topological polar surface area (TPSA) is 67.4 Å². The Kier molecular flexibility index (Phi) is 6.05. The second-order valence-corrected chi connectivity index (χ2v) is 8.01. The molecule has 2 amide bonds. The molecule has 3 aromatic rings. The fraction of sp³-hybridized carbons (Fsp3) is 0.167. The van der Waals surface area contributed by atoms with Crippen molar-refractivity contribution in [3.8, 4) is 16.9 Å². The molecule has 30 heavy (non-hydrogen) atoms. The van der Waals surface area contributed by atoms with Crippen molar-refractivity contribution in [1.82, 2.24) is 0 Å². The summed E-state index contributed by atoms with van der Waals surface area (Å²) in [6, 6.07) is 21.5. The van der Waals surface area contributed by atoms with Gasteiger partial charge in [-0.15, -0.1) is 11.8 Å². The van der Waals surface area contributed by atoms with E-state index in [0.717, 1.165) is 17.9 Å². The van der Waals surface area contributed by atoms with Crippen molar-refractivity contribution in [3.63, 3.8) is 0 Å². The van der Waals surface area contributed by atoms with Gasteiger partial charge in [-0.2, -0.15) is 0 Å². The first kappa shape index (κ1) is 20.0. The normalized spacial score (nSPS) is 11.4. The lowest BCUT2D eigenvalue weighted by atomic mass is 10.1. The van der Waals surface area contributed by atoms with Crippen LogP contribution in [0.15, 0.2) is 66.7 Å². The highest BCUT2D eigenvalue weighted by Crippen LogP contribution is 2.37. The van der Waals surface area contributed by atoms with Gasteiger partial charge in [0.05, 0.1) is 18.6 Å². The Bertz CT molecular complexity index is 1080. The van der Waals surface area contributed by atoms with Gasteiger partial charge in [0.2, 0.25) is 11.8 Å². The number of nitrogens with one attached hydrogen (secondary N) is 2. The van der Waals surface area contributed by atoms with Gasteiger partial charge in [-0.05, 0) is 65.1 Å².